The van der Waals surface area contributed by atoms with Crippen LogP contribution in [0.2, 0.25) is 0 Å². The molecule has 1 rings (SSSR count). The Labute approximate surface area is 135 Å². The van der Waals surface area contributed by atoms with Gasteiger partial charge in [0.05, 0.1) is 0 Å². The molecule has 0 heterocycles. The second kappa shape index (κ2) is 12.3. The van der Waals surface area contributed by atoms with E-state index in [4.69, 9.17) is 0 Å². The topological polar surface area (TPSA) is 37.3 Å². The van der Waals surface area contributed by atoms with E-state index in [1.54, 1.807) is 24.3 Å². The van der Waals surface area contributed by atoms with E-state index in [1.807, 2.05) is 0 Å². The van der Waals surface area contributed by atoms with Crippen molar-refractivity contribution in [2.24, 2.45) is 0 Å². The van der Waals surface area contributed by atoms with Crippen molar-refractivity contribution >= 4 is 5.78 Å². The maximum absolute atomic E-state index is 11.9. The molecule has 0 radical (unpaired) electrons. The summed E-state index contributed by atoms with van der Waals surface area (Å²) in [6, 6.07) is 6.56. The number of rotatable bonds is 13. The van der Waals surface area contributed by atoms with Crippen LogP contribution in [0.5, 0.6) is 5.75 Å². The van der Waals surface area contributed by atoms with E-state index in [9.17, 15) is 9.90 Å². The largest absolute Gasteiger partial charge is 0.508 e. The molecule has 0 fully saturated rings. The van der Waals surface area contributed by atoms with Crippen molar-refractivity contribution in [1.29, 1.82) is 0 Å². The molecule has 124 valence electrons. The standard InChI is InChI=1S/C20H32O2/c1-2-3-4-5-6-7-8-9-10-11-12-13-20(22)18-14-16-19(21)17-15-18/h14-17,21H,2-13H2,1H3. The Kier molecular flexibility index (Phi) is 10.4. The smallest absolute Gasteiger partial charge is 0.162 e. The van der Waals surface area contributed by atoms with Gasteiger partial charge in [-0.2, -0.15) is 0 Å². The van der Waals surface area contributed by atoms with E-state index in [1.165, 1.54) is 57.8 Å². The highest BCUT2D eigenvalue weighted by atomic mass is 16.3. The zero-order valence-corrected chi connectivity index (χ0v) is 14.2. The van der Waals surface area contributed by atoms with E-state index in [0.29, 0.717) is 12.0 Å². The summed E-state index contributed by atoms with van der Waals surface area (Å²) in [6.45, 7) is 2.26. The highest BCUT2D eigenvalue weighted by molar-refractivity contribution is 5.96. The molecule has 0 aliphatic heterocycles. The van der Waals surface area contributed by atoms with Crippen LogP contribution in [0.15, 0.2) is 24.3 Å². The Bertz CT molecular complexity index is 395. The maximum atomic E-state index is 11.9. The number of aromatic hydroxyl groups is 1. The molecule has 2 heteroatoms. The van der Waals surface area contributed by atoms with E-state index in [0.717, 1.165) is 12.8 Å². The molecule has 2 nitrogen and oxygen atoms in total. The van der Waals surface area contributed by atoms with Crippen molar-refractivity contribution < 1.29 is 9.90 Å². The summed E-state index contributed by atoms with van der Waals surface area (Å²) >= 11 is 0. The van der Waals surface area contributed by atoms with E-state index < -0.39 is 0 Å². The SMILES string of the molecule is CCCCCCCCCCCCCC(=O)c1ccc(O)cc1. The fraction of sp³-hybridized carbons (Fsp3) is 0.650. The average Bonchev–Trinajstić information content (AvgIpc) is 2.53. The number of carbonyl (C=O) groups is 1. The third kappa shape index (κ3) is 8.86. The van der Waals surface area contributed by atoms with Gasteiger partial charge in [-0.05, 0) is 30.7 Å². The fourth-order valence-corrected chi connectivity index (χ4v) is 2.74. The van der Waals surface area contributed by atoms with Gasteiger partial charge in [0.25, 0.3) is 0 Å². The molecular formula is C20H32O2. The first-order valence-electron chi connectivity index (χ1n) is 9.06. The molecule has 0 aliphatic rings. The van der Waals surface area contributed by atoms with Gasteiger partial charge in [0.2, 0.25) is 0 Å². The Hall–Kier alpha value is -1.31. The predicted octanol–water partition coefficient (Wildman–Crippen LogP) is 6.28. The lowest BCUT2D eigenvalue weighted by Crippen LogP contribution is -1.98. The Morgan fingerprint density at radius 2 is 1.23 bits per heavy atom. The Morgan fingerprint density at radius 1 is 0.773 bits per heavy atom. The van der Waals surface area contributed by atoms with Gasteiger partial charge >= 0.3 is 0 Å². The zero-order valence-electron chi connectivity index (χ0n) is 14.2. The molecule has 1 N–H and O–H groups in total. The molecule has 0 spiro atoms. The molecule has 0 atom stereocenters. The average molecular weight is 304 g/mol. The van der Waals surface area contributed by atoms with E-state index >= 15 is 0 Å². The van der Waals surface area contributed by atoms with Crippen molar-refractivity contribution in [3.05, 3.63) is 29.8 Å². The van der Waals surface area contributed by atoms with Crippen molar-refractivity contribution in [2.45, 2.75) is 84.0 Å². The minimum atomic E-state index is 0.191. The minimum absolute atomic E-state index is 0.191. The van der Waals surface area contributed by atoms with Crippen LogP contribution in [0.4, 0.5) is 0 Å². The lowest BCUT2D eigenvalue weighted by Gasteiger charge is -2.03. The van der Waals surface area contributed by atoms with Crippen LogP contribution in [0.3, 0.4) is 0 Å². The van der Waals surface area contributed by atoms with Gasteiger partial charge < -0.3 is 5.11 Å². The first-order chi connectivity index (χ1) is 10.7. The number of phenols is 1. The third-order valence-electron chi connectivity index (χ3n) is 4.20. The molecule has 1 aromatic rings. The van der Waals surface area contributed by atoms with Gasteiger partial charge in [-0.1, -0.05) is 71.1 Å². The van der Waals surface area contributed by atoms with Crippen molar-refractivity contribution in [1.82, 2.24) is 0 Å². The van der Waals surface area contributed by atoms with Crippen LogP contribution in [0.25, 0.3) is 0 Å². The van der Waals surface area contributed by atoms with Crippen LogP contribution in [0, 0.1) is 0 Å². The van der Waals surface area contributed by atoms with Crippen molar-refractivity contribution in [2.75, 3.05) is 0 Å². The molecule has 1 aromatic carbocycles. The minimum Gasteiger partial charge on any atom is -0.508 e. The predicted molar refractivity (Wildman–Crippen MR) is 93.5 cm³/mol. The van der Waals surface area contributed by atoms with Crippen LogP contribution in [-0.2, 0) is 0 Å². The van der Waals surface area contributed by atoms with Crippen LogP contribution < -0.4 is 0 Å². The van der Waals surface area contributed by atoms with Crippen LogP contribution in [-0.4, -0.2) is 10.9 Å². The highest BCUT2D eigenvalue weighted by Crippen LogP contribution is 2.15. The molecule has 22 heavy (non-hydrogen) atoms. The number of hydrogen-bond donors (Lipinski definition) is 1. The Balaban J connectivity index is 1.93. The van der Waals surface area contributed by atoms with Gasteiger partial charge in [0, 0.05) is 12.0 Å². The monoisotopic (exact) mass is 304 g/mol. The Morgan fingerprint density at radius 3 is 1.73 bits per heavy atom. The normalized spacial score (nSPS) is 10.8. The lowest BCUT2D eigenvalue weighted by molar-refractivity contribution is 0.0979. The molecular weight excluding hydrogens is 272 g/mol. The molecule has 0 unspecified atom stereocenters. The van der Waals surface area contributed by atoms with Gasteiger partial charge in [0.1, 0.15) is 5.75 Å². The molecule has 0 saturated carbocycles. The number of Topliss-reactive ketones (excluding diaryl/α,β-unsaturated/α-hetero) is 1. The van der Waals surface area contributed by atoms with Gasteiger partial charge in [-0.3, -0.25) is 4.79 Å². The first kappa shape index (κ1) is 18.7. The second-order valence-electron chi connectivity index (χ2n) is 6.26. The molecule has 0 saturated heterocycles. The van der Waals surface area contributed by atoms with Gasteiger partial charge in [-0.15, -0.1) is 0 Å². The summed E-state index contributed by atoms with van der Waals surface area (Å²) in [5.41, 5.74) is 0.713. The van der Waals surface area contributed by atoms with Crippen molar-refractivity contribution in [3.63, 3.8) is 0 Å². The second-order valence-corrected chi connectivity index (χ2v) is 6.26. The number of phenolic OH excluding ortho intramolecular Hbond substituents is 1. The summed E-state index contributed by atoms with van der Waals surface area (Å²) in [5, 5.41) is 9.20. The summed E-state index contributed by atoms with van der Waals surface area (Å²) in [5.74, 6) is 0.405. The zero-order chi connectivity index (χ0) is 16.0. The van der Waals surface area contributed by atoms with Gasteiger partial charge in [-0.25, -0.2) is 0 Å². The fourth-order valence-electron chi connectivity index (χ4n) is 2.74. The third-order valence-corrected chi connectivity index (χ3v) is 4.20. The highest BCUT2D eigenvalue weighted by Gasteiger charge is 2.05. The lowest BCUT2D eigenvalue weighted by atomic mass is 10.0. The molecule has 0 aliphatic carbocycles. The summed E-state index contributed by atoms with van der Waals surface area (Å²) in [7, 11) is 0. The molecule has 0 bridgehead atoms. The summed E-state index contributed by atoms with van der Waals surface area (Å²) in [6.07, 6.45) is 14.9. The number of hydrogen-bond acceptors (Lipinski definition) is 2. The van der Waals surface area contributed by atoms with Crippen molar-refractivity contribution in [3.8, 4) is 5.75 Å². The molecule has 0 amide bonds. The van der Waals surface area contributed by atoms with E-state index in [-0.39, 0.29) is 11.5 Å². The van der Waals surface area contributed by atoms with Crippen LogP contribution in [0.1, 0.15) is 94.3 Å². The number of benzene rings is 1. The summed E-state index contributed by atoms with van der Waals surface area (Å²) in [4.78, 5) is 11.9. The quantitative estimate of drug-likeness (QED) is 0.344. The van der Waals surface area contributed by atoms with E-state index in [2.05, 4.69) is 6.92 Å². The maximum Gasteiger partial charge on any atom is 0.162 e. The van der Waals surface area contributed by atoms with Crippen LogP contribution >= 0.6 is 0 Å². The summed E-state index contributed by atoms with van der Waals surface area (Å²) < 4.78 is 0. The first-order valence-corrected chi connectivity index (χ1v) is 9.06. The molecule has 0 aromatic heterocycles. The number of ketones is 1. The number of unbranched alkanes of at least 4 members (excludes halogenated alkanes) is 10. The number of carbonyl (C=O) groups excluding carboxylic acids is 1. The van der Waals surface area contributed by atoms with Gasteiger partial charge in [0.15, 0.2) is 5.78 Å².